The molecule has 0 atom stereocenters. The minimum atomic E-state index is -0.289. The molecule has 168 valence electrons. The molecule has 6 nitrogen and oxygen atoms in total. The molecule has 1 N–H and O–H groups in total. The monoisotopic (exact) mass is 437 g/mol. The first-order valence-corrected chi connectivity index (χ1v) is 10.4. The molecule has 3 aromatic rings. The zero-order chi connectivity index (χ0) is 23.3. The molecule has 1 aromatic heterocycles. The SMILES string of the molecule is COc1cc(C=CC(=O)Nc2c(C)nn(Cc3cccc(F)c3)c2C)ccc1OC(C)C. The lowest BCUT2D eigenvalue weighted by Crippen LogP contribution is -2.10. The van der Waals surface area contributed by atoms with Crippen molar-refractivity contribution in [3.63, 3.8) is 0 Å². The number of anilines is 1. The minimum Gasteiger partial charge on any atom is -0.493 e. The first kappa shape index (κ1) is 23.1. The summed E-state index contributed by atoms with van der Waals surface area (Å²) in [6, 6.07) is 11.9. The van der Waals surface area contributed by atoms with E-state index in [4.69, 9.17) is 9.47 Å². The number of nitrogens with one attached hydrogen (secondary N) is 1. The number of hydrogen-bond donors (Lipinski definition) is 1. The van der Waals surface area contributed by atoms with Crippen molar-refractivity contribution in [2.24, 2.45) is 0 Å². The first-order chi connectivity index (χ1) is 15.3. The van der Waals surface area contributed by atoms with Crippen molar-refractivity contribution in [2.45, 2.75) is 40.3 Å². The van der Waals surface area contributed by atoms with E-state index in [0.717, 1.165) is 16.8 Å². The summed E-state index contributed by atoms with van der Waals surface area (Å²) < 4.78 is 26.3. The number of aryl methyl sites for hydroxylation is 1. The summed E-state index contributed by atoms with van der Waals surface area (Å²) in [4.78, 5) is 12.5. The minimum absolute atomic E-state index is 0.0318. The Morgan fingerprint density at radius 3 is 2.66 bits per heavy atom. The smallest absolute Gasteiger partial charge is 0.248 e. The molecule has 32 heavy (non-hydrogen) atoms. The highest BCUT2D eigenvalue weighted by Gasteiger charge is 2.14. The van der Waals surface area contributed by atoms with Crippen LogP contribution in [-0.4, -0.2) is 28.9 Å². The molecule has 0 radical (unpaired) electrons. The van der Waals surface area contributed by atoms with Crippen LogP contribution in [0.25, 0.3) is 6.08 Å². The molecule has 1 amide bonds. The van der Waals surface area contributed by atoms with Gasteiger partial charge >= 0.3 is 0 Å². The number of methoxy groups -OCH3 is 1. The van der Waals surface area contributed by atoms with Crippen LogP contribution in [0.1, 0.15) is 36.4 Å². The van der Waals surface area contributed by atoms with Crippen molar-refractivity contribution in [3.8, 4) is 11.5 Å². The van der Waals surface area contributed by atoms with Gasteiger partial charge in [-0.1, -0.05) is 18.2 Å². The average molecular weight is 438 g/mol. The van der Waals surface area contributed by atoms with E-state index in [1.54, 1.807) is 23.9 Å². The van der Waals surface area contributed by atoms with E-state index in [0.29, 0.717) is 29.4 Å². The molecule has 0 aliphatic rings. The second kappa shape index (κ2) is 10.1. The Labute approximate surface area is 187 Å². The fourth-order valence-electron chi connectivity index (χ4n) is 3.32. The van der Waals surface area contributed by atoms with Crippen molar-refractivity contribution in [1.82, 2.24) is 9.78 Å². The van der Waals surface area contributed by atoms with Crippen molar-refractivity contribution in [2.75, 3.05) is 12.4 Å². The number of aromatic nitrogens is 2. The van der Waals surface area contributed by atoms with E-state index in [1.165, 1.54) is 18.2 Å². The van der Waals surface area contributed by atoms with Crippen LogP contribution in [-0.2, 0) is 11.3 Å². The molecule has 0 unspecified atom stereocenters. The molecule has 0 saturated carbocycles. The third kappa shape index (κ3) is 5.75. The fraction of sp³-hybridized carbons (Fsp3) is 0.280. The van der Waals surface area contributed by atoms with Gasteiger partial charge in [-0.15, -0.1) is 0 Å². The molecule has 0 aliphatic carbocycles. The second-order valence-corrected chi connectivity index (χ2v) is 7.73. The molecule has 0 aliphatic heterocycles. The van der Waals surface area contributed by atoms with Crippen LogP contribution in [0.5, 0.6) is 11.5 Å². The number of benzene rings is 2. The van der Waals surface area contributed by atoms with Gasteiger partial charge in [-0.25, -0.2) is 4.39 Å². The van der Waals surface area contributed by atoms with Gasteiger partial charge in [0.15, 0.2) is 11.5 Å². The molecule has 2 aromatic carbocycles. The Morgan fingerprint density at radius 2 is 1.97 bits per heavy atom. The van der Waals surface area contributed by atoms with Gasteiger partial charge in [-0.2, -0.15) is 5.10 Å². The molecule has 7 heteroatoms. The maximum atomic E-state index is 13.5. The van der Waals surface area contributed by atoms with E-state index >= 15 is 0 Å². The maximum Gasteiger partial charge on any atom is 0.248 e. The zero-order valence-corrected chi connectivity index (χ0v) is 19.0. The molecular weight excluding hydrogens is 409 g/mol. The van der Waals surface area contributed by atoms with Gasteiger partial charge in [-0.05, 0) is 69.2 Å². The quantitative estimate of drug-likeness (QED) is 0.496. The van der Waals surface area contributed by atoms with Gasteiger partial charge < -0.3 is 14.8 Å². The normalized spacial score (nSPS) is 11.2. The molecule has 0 saturated heterocycles. The van der Waals surface area contributed by atoms with Crippen LogP contribution < -0.4 is 14.8 Å². The van der Waals surface area contributed by atoms with Gasteiger partial charge in [0.25, 0.3) is 0 Å². The highest BCUT2D eigenvalue weighted by molar-refractivity contribution is 6.02. The van der Waals surface area contributed by atoms with Gasteiger partial charge in [0.1, 0.15) is 5.82 Å². The lowest BCUT2D eigenvalue weighted by atomic mass is 10.2. The Kier molecular flexibility index (Phi) is 7.30. The first-order valence-electron chi connectivity index (χ1n) is 10.4. The van der Waals surface area contributed by atoms with Crippen molar-refractivity contribution < 1.29 is 18.7 Å². The van der Waals surface area contributed by atoms with Crippen LogP contribution in [0.3, 0.4) is 0 Å². The zero-order valence-electron chi connectivity index (χ0n) is 19.0. The predicted molar refractivity (Wildman–Crippen MR) is 124 cm³/mol. The number of ether oxygens (including phenoxy) is 2. The van der Waals surface area contributed by atoms with Crippen LogP contribution in [0.4, 0.5) is 10.1 Å². The van der Waals surface area contributed by atoms with Crippen LogP contribution in [0, 0.1) is 19.7 Å². The Bertz CT molecular complexity index is 1140. The van der Waals surface area contributed by atoms with Gasteiger partial charge in [0, 0.05) is 6.08 Å². The number of halogens is 1. The van der Waals surface area contributed by atoms with Crippen molar-refractivity contribution >= 4 is 17.7 Å². The Hall–Kier alpha value is -3.61. The van der Waals surface area contributed by atoms with E-state index in [2.05, 4.69) is 10.4 Å². The summed E-state index contributed by atoms with van der Waals surface area (Å²) in [7, 11) is 1.58. The third-order valence-electron chi connectivity index (χ3n) is 4.83. The van der Waals surface area contributed by atoms with E-state index in [1.807, 2.05) is 52.0 Å². The fourth-order valence-corrected chi connectivity index (χ4v) is 3.32. The molecule has 0 spiro atoms. The summed E-state index contributed by atoms with van der Waals surface area (Å²) in [5.74, 6) is 0.693. The second-order valence-electron chi connectivity index (χ2n) is 7.73. The van der Waals surface area contributed by atoms with Crippen molar-refractivity contribution in [3.05, 3.63) is 76.9 Å². The van der Waals surface area contributed by atoms with Crippen LogP contribution >= 0.6 is 0 Å². The number of rotatable bonds is 8. The molecular formula is C25H28FN3O3. The van der Waals surface area contributed by atoms with E-state index in [9.17, 15) is 9.18 Å². The van der Waals surface area contributed by atoms with Gasteiger partial charge in [0.05, 0.1) is 36.8 Å². The number of hydrogen-bond acceptors (Lipinski definition) is 4. The van der Waals surface area contributed by atoms with Crippen LogP contribution in [0.2, 0.25) is 0 Å². The summed E-state index contributed by atoms with van der Waals surface area (Å²) in [5.41, 5.74) is 3.74. The predicted octanol–water partition coefficient (Wildman–Crippen LogP) is 5.14. The van der Waals surface area contributed by atoms with Crippen molar-refractivity contribution in [1.29, 1.82) is 0 Å². The highest BCUT2D eigenvalue weighted by atomic mass is 19.1. The van der Waals surface area contributed by atoms with Gasteiger partial charge in [0.2, 0.25) is 5.91 Å². The van der Waals surface area contributed by atoms with Crippen LogP contribution in [0.15, 0.2) is 48.5 Å². The summed E-state index contributed by atoms with van der Waals surface area (Å²) in [5, 5.41) is 7.38. The third-order valence-corrected chi connectivity index (χ3v) is 4.83. The lowest BCUT2D eigenvalue weighted by molar-refractivity contribution is -0.111. The molecule has 0 fully saturated rings. The lowest BCUT2D eigenvalue weighted by Gasteiger charge is -2.13. The standard InChI is InChI=1S/C25H28FN3O3/c1-16(2)32-22-11-9-19(14-23(22)31-5)10-12-24(30)27-25-17(3)28-29(18(25)4)15-20-7-6-8-21(26)13-20/h6-14,16H,15H2,1-5H3,(H,27,30). The largest absolute Gasteiger partial charge is 0.493 e. The van der Waals surface area contributed by atoms with E-state index < -0.39 is 0 Å². The number of nitrogens with zero attached hydrogens (tertiary/aromatic N) is 2. The molecule has 3 rings (SSSR count). The average Bonchev–Trinajstić information content (AvgIpc) is 3.00. The Balaban J connectivity index is 1.71. The highest BCUT2D eigenvalue weighted by Crippen LogP contribution is 2.29. The molecule has 0 bridgehead atoms. The molecule has 1 heterocycles. The number of carbonyl (C=O) groups excluding carboxylic acids is 1. The Morgan fingerprint density at radius 1 is 1.19 bits per heavy atom. The number of carbonyl (C=O) groups is 1. The topological polar surface area (TPSA) is 65.4 Å². The summed E-state index contributed by atoms with van der Waals surface area (Å²) in [6.07, 6.45) is 3.20. The summed E-state index contributed by atoms with van der Waals surface area (Å²) >= 11 is 0. The summed E-state index contributed by atoms with van der Waals surface area (Å²) in [6.45, 7) is 8.01. The maximum absolute atomic E-state index is 13.5. The van der Waals surface area contributed by atoms with Gasteiger partial charge in [-0.3, -0.25) is 9.48 Å². The van der Waals surface area contributed by atoms with E-state index in [-0.39, 0.29) is 17.8 Å². The number of amides is 1.